The number of anilines is 1. The second kappa shape index (κ2) is 5.58. The molecular weight excluding hydrogens is 231 g/mol. The van der Waals surface area contributed by atoms with E-state index < -0.39 is 0 Å². The molecule has 1 aliphatic heterocycles. The Morgan fingerprint density at radius 3 is 2.79 bits per heavy atom. The van der Waals surface area contributed by atoms with Crippen LogP contribution in [-0.4, -0.2) is 33.0 Å². The largest absolute Gasteiger partial charge is 0.368 e. The molecule has 1 fully saturated rings. The highest BCUT2D eigenvalue weighted by atomic mass is 15.2. The number of hydrogen-bond acceptors (Lipinski definition) is 2. The first-order chi connectivity index (χ1) is 9.28. The summed E-state index contributed by atoms with van der Waals surface area (Å²) in [5, 5.41) is 3.59. The quantitative estimate of drug-likeness (QED) is 0.827. The van der Waals surface area contributed by atoms with Gasteiger partial charge in [-0.15, -0.1) is 0 Å². The van der Waals surface area contributed by atoms with Crippen molar-refractivity contribution in [1.82, 2.24) is 5.32 Å². The molecule has 0 unspecified atom stereocenters. The van der Waals surface area contributed by atoms with Crippen LogP contribution in [0.3, 0.4) is 0 Å². The maximum atomic E-state index is 5.88. The minimum atomic E-state index is 0.736. The summed E-state index contributed by atoms with van der Waals surface area (Å²) in [4.78, 5) is 2.62. The summed E-state index contributed by atoms with van der Waals surface area (Å²) in [5.74, 6) is 0. The third-order valence-corrected chi connectivity index (χ3v) is 4.67. The molecule has 0 atom stereocenters. The van der Waals surface area contributed by atoms with E-state index >= 15 is 0 Å². The molecule has 100 valence electrons. The van der Waals surface area contributed by atoms with Crippen LogP contribution in [0.4, 0.5) is 5.69 Å². The predicted octanol–water partition coefficient (Wildman–Crippen LogP) is 1.76. The van der Waals surface area contributed by atoms with E-state index in [1.807, 2.05) is 6.07 Å². The van der Waals surface area contributed by atoms with Crippen LogP contribution in [0.15, 0.2) is 18.2 Å². The highest BCUT2D eigenvalue weighted by Gasteiger charge is 2.29. The molecule has 2 aliphatic rings. The van der Waals surface area contributed by atoms with Crippen molar-refractivity contribution < 1.29 is 0 Å². The number of hydrogen-bond donors (Lipinski definition) is 1. The first-order valence-corrected chi connectivity index (χ1v) is 7.66. The van der Waals surface area contributed by atoms with Crippen molar-refractivity contribution in [2.75, 3.05) is 18.0 Å². The molecule has 0 bridgehead atoms. The van der Waals surface area contributed by atoms with Gasteiger partial charge in [0.15, 0.2) is 0 Å². The van der Waals surface area contributed by atoms with E-state index in [0.29, 0.717) is 0 Å². The summed E-state index contributed by atoms with van der Waals surface area (Å²) in [7, 11) is 5.88. The molecule has 1 heterocycles. The number of nitrogens with one attached hydrogen (secondary N) is 1. The fraction of sp³-hybridized carbons (Fsp3) is 0.625. The first-order valence-electron chi connectivity index (χ1n) is 7.66. The van der Waals surface area contributed by atoms with Crippen LogP contribution in [0, 0.1) is 0 Å². The van der Waals surface area contributed by atoms with E-state index in [0.717, 1.165) is 30.5 Å². The summed E-state index contributed by atoms with van der Waals surface area (Å²) in [6, 6.07) is 7.89. The molecule has 1 aromatic carbocycles. The molecular formula is C16H23BN2. The maximum Gasteiger partial charge on any atom is 0.113 e. The Balaban J connectivity index is 1.66. The zero-order valence-electron chi connectivity index (χ0n) is 11.9. The third kappa shape index (κ3) is 2.67. The molecule has 2 nitrogen and oxygen atoms in total. The second-order valence-electron chi connectivity index (χ2n) is 5.89. The minimum Gasteiger partial charge on any atom is -0.368 e. The van der Waals surface area contributed by atoms with Gasteiger partial charge in [0.2, 0.25) is 0 Å². The average molecular weight is 254 g/mol. The van der Waals surface area contributed by atoms with Gasteiger partial charge in [-0.1, -0.05) is 24.5 Å². The van der Waals surface area contributed by atoms with Gasteiger partial charge < -0.3 is 10.2 Å². The van der Waals surface area contributed by atoms with Gasteiger partial charge in [0.25, 0.3) is 0 Å². The van der Waals surface area contributed by atoms with Crippen LogP contribution >= 0.6 is 0 Å². The SMILES string of the molecule is [B]c1ccc2c(c1)CCN2C1CCC(NCC)CC1. The summed E-state index contributed by atoms with van der Waals surface area (Å²) >= 11 is 0. The lowest BCUT2D eigenvalue weighted by Crippen LogP contribution is -2.41. The van der Waals surface area contributed by atoms with Gasteiger partial charge in [-0.3, -0.25) is 0 Å². The van der Waals surface area contributed by atoms with E-state index in [2.05, 4.69) is 29.3 Å². The van der Waals surface area contributed by atoms with Crippen molar-refractivity contribution in [2.45, 2.75) is 51.1 Å². The predicted molar refractivity (Wildman–Crippen MR) is 82.6 cm³/mol. The summed E-state index contributed by atoms with van der Waals surface area (Å²) < 4.78 is 0. The number of rotatable bonds is 3. The van der Waals surface area contributed by atoms with Crippen molar-refractivity contribution in [3.63, 3.8) is 0 Å². The van der Waals surface area contributed by atoms with Gasteiger partial charge >= 0.3 is 0 Å². The molecule has 1 aromatic rings. The van der Waals surface area contributed by atoms with Crippen molar-refractivity contribution >= 4 is 19.0 Å². The Hall–Kier alpha value is -0.955. The zero-order valence-corrected chi connectivity index (χ0v) is 11.9. The van der Waals surface area contributed by atoms with Crippen LogP contribution < -0.4 is 15.7 Å². The molecule has 0 spiro atoms. The molecule has 1 aliphatic carbocycles. The molecule has 3 heteroatoms. The highest BCUT2D eigenvalue weighted by Crippen LogP contribution is 2.33. The number of fused-ring (bicyclic) bond motifs is 1. The first kappa shape index (κ1) is 13.0. The van der Waals surface area contributed by atoms with Crippen LogP contribution in [-0.2, 0) is 6.42 Å². The van der Waals surface area contributed by atoms with Crippen LogP contribution in [0.1, 0.15) is 38.2 Å². The number of nitrogens with zero attached hydrogens (tertiary/aromatic N) is 1. The van der Waals surface area contributed by atoms with Gasteiger partial charge in [0, 0.05) is 24.3 Å². The Labute approximate surface area is 118 Å². The molecule has 3 rings (SSSR count). The van der Waals surface area contributed by atoms with Crippen molar-refractivity contribution in [1.29, 1.82) is 0 Å². The van der Waals surface area contributed by atoms with E-state index in [9.17, 15) is 0 Å². The van der Waals surface area contributed by atoms with Crippen molar-refractivity contribution in [3.8, 4) is 0 Å². The summed E-state index contributed by atoms with van der Waals surface area (Å²) in [5.41, 5.74) is 3.77. The number of benzene rings is 1. The van der Waals surface area contributed by atoms with Gasteiger partial charge in [-0.05, 0) is 50.3 Å². The molecule has 1 saturated carbocycles. The fourth-order valence-electron chi connectivity index (χ4n) is 3.71. The fourth-order valence-corrected chi connectivity index (χ4v) is 3.71. The van der Waals surface area contributed by atoms with Gasteiger partial charge in [-0.2, -0.15) is 0 Å². The van der Waals surface area contributed by atoms with Crippen LogP contribution in [0.25, 0.3) is 0 Å². The average Bonchev–Trinajstić information content (AvgIpc) is 2.83. The van der Waals surface area contributed by atoms with Gasteiger partial charge in [0.1, 0.15) is 7.85 Å². The molecule has 19 heavy (non-hydrogen) atoms. The van der Waals surface area contributed by atoms with Gasteiger partial charge in [0.05, 0.1) is 0 Å². The molecule has 1 N–H and O–H groups in total. The standard InChI is InChI=1S/C16H23BN2/c1-2-18-14-4-6-15(7-5-14)19-10-9-12-11-13(17)3-8-16(12)19/h3,8,11,14-15,18H,2,4-7,9-10H2,1H3. The molecule has 0 saturated heterocycles. The van der Waals surface area contributed by atoms with E-state index in [1.54, 1.807) is 0 Å². The molecule has 0 amide bonds. The normalized spacial score (nSPS) is 26.5. The lowest BCUT2D eigenvalue weighted by Gasteiger charge is -2.36. The van der Waals surface area contributed by atoms with E-state index in [1.165, 1.54) is 43.5 Å². The summed E-state index contributed by atoms with van der Waals surface area (Å²) in [6.45, 7) is 4.48. The minimum absolute atomic E-state index is 0.736. The Bertz CT molecular complexity index is 438. The second-order valence-corrected chi connectivity index (χ2v) is 5.89. The summed E-state index contributed by atoms with van der Waals surface area (Å²) in [6.07, 6.45) is 6.44. The van der Waals surface area contributed by atoms with E-state index in [-0.39, 0.29) is 0 Å². The smallest absolute Gasteiger partial charge is 0.113 e. The Morgan fingerprint density at radius 2 is 2.05 bits per heavy atom. The lowest BCUT2D eigenvalue weighted by atomic mass is 9.89. The monoisotopic (exact) mass is 254 g/mol. The maximum absolute atomic E-state index is 5.88. The van der Waals surface area contributed by atoms with Crippen LogP contribution in [0.2, 0.25) is 0 Å². The zero-order chi connectivity index (χ0) is 13.2. The van der Waals surface area contributed by atoms with E-state index in [4.69, 9.17) is 7.85 Å². The van der Waals surface area contributed by atoms with Crippen LogP contribution in [0.5, 0.6) is 0 Å². The molecule has 0 aromatic heterocycles. The highest BCUT2D eigenvalue weighted by molar-refractivity contribution is 6.32. The topological polar surface area (TPSA) is 15.3 Å². The lowest BCUT2D eigenvalue weighted by molar-refractivity contribution is 0.338. The van der Waals surface area contributed by atoms with Gasteiger partial charge in [-0.25, -0.2) is 0 Å². The molecule has 2 radical (unpaired) electrons. The van der Waals surface area contributed by atoms with Crippen molar-refractivity contribution in [2.24, 2.45) is 0 Å². The Kier molecular flexibility index (Phi) is 3.83. The third-order valence-electron chi connectivity index (χ3n) is 4.67. The van der Waals surface area contributed by atoms with Crippen molar-refractivity contribution in [3.05, 3.63) is 23.8 Å². The Morgan fingerprint density at radius 1 is 1.26 bits per heavy atom.